The van der Waals surface area contributed by atoms with Crippen LogP contribution in [-0.4, -0.2) is 28.6 Å². The summed E-state index contributed by atoms with van der Waals surface area (Å²) < 4.78 is 52.9. The fourth-order valence-electron chi connectivity index (χ4n) is 4.24. The maximum absolute atomic E-state index is 12.6. The topological polar surface area (TPSA) is 73.4 Å². The molecule has 0 spiro atoms. The first kappa shape index (κ1) is 24.6. The van der Waals surface area contributed by atoms with Gasteiger partial charge in [-0.3, -0.25) is 9.89 Å². The molecule has 1 aliphatic carbocycles. The van der Waals surface area contributed by atoms with Gasteiger partial charge in [0, 0.05) is 18.1 Å². The second kappa shape index (κ2) is 10.8. The Hall–Kier alpha value is -3.49. The Morgan fingerprint density at radius 1 is 1.06 bits per heavy atom. The van der Waals surface area contributed by atoms with Crippen LogP contribution in [0.4, 0.5) is 13.2 Å². The number of alkyl halides is 3. The van der Waals surface area contributed by atoms with Gasteiger partial charge in [0.25, 0.3) is 0 Å². The first-order chi connectivity index (χ1) is 16.8. The van der Waals surface area contributed by atoms with E-state index in [1.807, 2.05) is 12.1 Å². The minimum Gasteiger partial charge on any atom is -0.472 e. The molecule has 0 amide bonds. The van der Waals surface area contributed by atoms with Crippen LogP contribution in [0, 0.1) is 0 Å². The molecule has 0 aliphatic heterocycles. The average molecular weight is 489 g/mol. The van der Waals surface area contributed by atoms with Crippen LogP contribution in [0.25, 0.3) is 11.3 Å². The van der Waals surface area contributed by atoms with Crippen LogP contribution in [-0.2, 0) is 16.1 Å². The number of ether oxygens (including phenoxy) is 3. The van der Waals surface area contributed by atoms with E-state index < -0.39 is 6.36 Å². The summed E-state index contributed by atoms with van der Waals surface area (Å²) in [6.07, 6.45) is -0.656. The normalized spacial score (nSPS) is 18.2. The number of esters is 1. The summed E-state index contributed by atoms with van der Waals surface area (Å²) in [6, 6.07) is 15.7. The van der Waals surface area contributed by atoms with E-state index in [-0.39, 0.29) is 35.9 Å². The number of aromatic amines is 1. The number of carbonyl (C=O) groups is 1. The lowest BCUT2D eigenvalue weighted by Crippen LogP contribution is -2.23. The minimum absolute atomic E-state index is 0.0216. The fraction of sp³-hybridized carbons (Fsp3) is 0.385. The van der Waals surface area contributed by atoms with Crippen molar-refractivity contribution in [1.29, 1.82) is 0 Å². The zero-order valence-electron chi connectivity index (χ0n) is 19.3. The molecule has 1 fully saturated rings. The molecule has 1 N–H and O–H groups in total. The molecule has 6 nitrogen and oxygen atoms in total. The van der Waals surface area contributed by atoms with Gasteiger partial charge in [-0.05, 0) is 48.8 Å². The number of para-hydroxylation sites is 1. The van der Waals surface area contributed by atoms with Crippen LogP contribution in [0.5, 0.6) is 11.6 Å². The van der Waals surface area contributed by atoms with Crippen LogP contribution in [0.1, 0.15) is 56.1 Å². The predicted molar refractivity (Wildman–Crippen MR) is 123 cm³/mol. The Labute approximate surface area is 201 Å². The van der Waals surface area contributed by atoms with E-state index in [4.69, 9.17) is 9.47 Å². The third kappa shape index (κ3) is 6.77. The lowest BCUT2D eigenvalue weighted by Gasteiger charge is -2.28. The molecule has 35 heavy (non-hydrogen) atoms. The van der Waals surface area contributed by atoms with Crippen LogP contribution in [0.2, 0.25) is 0 Å². The molecule has 1 aliphatic rings. The second-order valence-electron chi connectivity index (χ2n) is 8.50. The number of hydrogen-bond acceptors (Lipinski definition) is 5. The number of aromatic nitrogens is 2. The average Bonchev–Trinajstić information content (AvgIpc) is 3.32. The van der Waals surface area contributed by atoms with E-state index in [1.165, 1.54) is 23.8 Å². The van der Waals surface area contributed by atoms with Crippen molar-refractivity contribution in [2.45, 2.75) is 64.0 Å². The summed E-state index contributed by atoms with van der Waals surface area (Å²) >= 11 is 0. The molecule has 9 heteroatoms. The number of H-pyrrole nitrogens is 1. The molecule has 0 atom stereocenters. The molecule has 186 valence electrons. The monoisotopic (exact) mass is 488 g/mol. The van der Waals surface area contributed by atoms with E-state index >= 15 is 0 Å². The zero-order chi connectivity index (χ0) is 24.8. The molecule has 0 bridgehead atoms. The lowest BCUT2D eigenvalue weighted by molar-refractivity contribution is -0.275. The van der Waals surface area contributed by atoms with Crippen molar-refractivity contribution in [2.24, 2.45) is 0 Å². The summed E-state index contributed by atoms with van der Waals surface area (Å²) in [5.41, 5.74) is 3.16. The molecule has 4 rings (SSSR count). The zero-order valence-corrected chi connectivity index (χ0v) is 19.3. The Kier molecular flexibility index (Phi) is 7.63. The third-order valence-corrected chi connectivity index (χ3v) is 6.08. The Balaban J connectivity index is 1.33. The van der Waals surface area contributed by atoms with Gasteiger partial charge in [0.05, 0.1) is 5.69 Å². The summed E-state index contributed by atoms with van der Waals surface area (Å²) in [6.45, 7) is 1.68. The summed E-state index contributed by atoms with van der Waals surface area (Å²) in [5, 5.41) is 7.02. The van der Waals surface area contributed by atoms with Crippen molar-refractivity contribution >= 4 is 5.97 Å². The largest absolute Gasteiger partial charge is 0.573 e. The first-order valence-electron chi connectivity index (χ1n) is 11.6. The number of benzene rings is 2. The maximum Gasteiger partial charge on any atom is 0.573 e. The summed E-state index contributed by atoms with van der Waals surface area (Å²) in [4.78, 5) is 11.5. The molecular weight excluding hydrogens is 461 g/mol. The highest BCUT2D eigenvalue weighted by atomic mass is 19.4. The Morgan fingerprint density at radius 3 is 2.46 bits per heavy atom. The van der Waals surface area contributed by atoms with Gasteiger partial charge in [-0.2, -0.15) is 0 Å². The van der Waals surface area contributed by atoms with Crippen LogP contribution in [0.15, 0.2) is 54.6 Å². The minimum atomic E-state index is -4.77. The molecule has 2 aromatic carbocycles. The van der Waals surface area contributed by atoms with Crippen molar-refractivity contribution in [2.75, 3.05) is 0 Å². The van der Waals surface area contributed by atoms with Crippen molar-refractivity contribution < 1.29 is 32.2 Å². The van der Waals surface area contributed by atoms with Gasteiger partial charge in [0.1, 0.15) is 18.5 Å². The number of halogens is 3. The lowest BCUT2D eigenvalue weighted by atomic mass is 9.82. The quantitative estimate of drug-likeness (QED) is 0.365. The van der Waals surface area contributed by atoms with Gasteiger partial charge >= 0.3 is 12.3 Å². The Bertz CT molecular complexity index is 1120. The maximum atomic E-state index is 12.6. The smallest absolute Gasteiger partial charge is 0.472 e. The van der Waals surface area contributed by atoms with E-state index in [0.717, 1.165) is 36.9 Å². The predicted octanol–water partition coefficient (Wildman–Crippen LogP) is 6.53. The fourth-order valence-corrected chi connectivity index (χ4v) is 4.24. The van der Waals surface area contributed by atoms with Gasteiger partial charge in [-0.1, -0.05) is 49.4 Å². The highest BCUT2D eigenvalue weighted by Crippen LogP contribution is 2.35. The van der Waals surface area contributed by atoms with Gasteiger partial charge in [0.2, 0.25) is 5.88 Å². The van der Waals surface area contributed by atoms with Crippen molar-refractivity contribution in [3.05, 3.63) is 65.7 Å². The number of nitrogens with one attached hydrogen (secondary N) is 1. The van der Waals surface area contributed by atoms with Crippen molar-refractivity contribution in [3.63, 3.8) is 0 Å². The van der Waals surface area contributed by atoms with Gasteiger partial charge in [0.15, 0.2) is 0 Å². The third-order valence-electron chi connectivity index (χ3n) is 6.08. The molecular formula is C26H27F3N2O4. The van der Waals surface area contributed by atoms with Crippen LogP contribution in [0.3, 0.4) is 0 Å². The highest BCUT2D eigenvalue weighted by molar-refractivity contribution is 5.69. The van der Waals surface area contributed by atoms with Gasteiger partial charge in [-0.15, -0.1) is 18.3 Å². The number of rotatable bonds is 8. The molecule has 0 unspecified atom stereocenters. The number of carbonyl (C=O) groups excluding carboxylic acids is 1. The van der Waals surface area contributed by atoms with E-state index in [0.29, 0.717) is 12.3 Å². The number of nitrogens with zero attached hydrogens (tertiary/aromatic N) is 1. The SMILES string of the molecule is CCC(=O)OC1CCC(c2ccc(-c3cc(OCc4ccccc4OC(F)(F)F)n[nH]3)cc2)CC1. The van der Waals surface area contributed by atoms with E-state index in [1.54, 1.807) is 19.1 Å². The standard InChI is InChI=1S/C26H27F3N2O4/c1-2-25(32)34-21-13-11-18(12-14-21)17-7-9-19(10-8-17)22-15-24(31-30-22)33-16-20-5-3-4-6-23(20)35-26(27,28)29/h3-10,15,18,21H,2,11-14,16H2,1H3,(H,30,31). The van der Waals surface area contributed by atoms with Gasteiger partial charge in [-0.25, -0.2) is 0 Å². The molecule has 1 saturated carbocycles. The first-order valence-corrected chi connectivity index (χ1v) is 11.6. The van der Waals surface area contributed by atoms with Gasteiger partial charge < -0.3 is 14.2 Å². The molecule has 1 heterocycles. The molecule has 3 aromatic rings. The summed E-state index contributed by atoms with van der Waals surface area (Å²) in [5.74, 6) is 0.259. The molecule has 0 saturated heterocycles. The van der Waals surface area contributed by atoms with E-state index in [9.17, 15) is 18.0 Å². The highest BCUT2D eigenvalue weighted by Gasteiger charge is 2.32. The molecule has 0 radical (unpaired) electrons. The van der Waals surface area contributed by atoms with Crippen molar-refractivity contribution in [3.8, 4) is 22.9 Å². The van der Waals surface area contributed by atoms with Crippen LogP contribution < -0.4 is 9.47 Å². The summed E-state index contributed by atoms with van der Waals surface area (Å²) in [7, 11) is 0. The second-order valence-corrected chi connectivity index (χ2v) is 8.50. The van der Waals surface area contributed by atoms with Crippen molar-refractivity contribution in [1.82, 2.24) is 10.2 Å². The van der Waals surface area contributed by atoms with Crippen LogP contribution >= 0.6 is 0 Å². The Morgan fingerprint density at radius 2 is 1.77 bits per heavy atom. The molecule has 1 aromatic heterocycles. The van der Waals surface area contributed by atoms with E-state index in [2.05, 4.69) is 27.1 Å². The number of hydrogen-bond donors (Lipinski definition) is 1.